The molecule has 1 fully saturated rings. The Morgan fingerprint density at radius 1 is 1.22 bits per heavy atom. The van der Waals surface area contributed by atoms with E-state index in [0.29, 0.717) is 0 Å². The van der Waals surface area contributed by atoms with Crippen LogP contribution in [0.2, 0.25) is 0 Å². The Morgan fingerprint density at radius 2 is 1.89 bits per heavy atom. The van der Waals surface area contributed by atoms with Crippen LogP contribution >= 0.6 is 24.8 Å². The second-order valence-electron chi connectivity index (χ2n) is 2.06. The van der Waals surface area contributed by atoms with Crippen LogP contribution < -0.4 is 11.1 Å². The average Bonchev–Trinajstić information content (AvgIpc) is 1.69. The summed E-state index contributed by atoms with van der Waals surface area (Å²) in [4.78, 5) is 0. The molecule has 0 amide bonds. The third kappa shape index (κ3) is 4.97. The molecule has 9 heavy (non-hydrogen) atoms. The average molecular weight is 173 g/mol. The van der Waals surface area contributed by atoms with Gasteiger partial charge < -0.3 is 11.1 Å². The minimum absolute atomic E-state index is 0. The molecule has 0 aromatic rings. The molecule has 0 spiro atoms. The molecule has 1 aliphatic rings. The van der Waals surface area contributed by atoms with Crippen molar-refractivity contribution in [3.05, 3.63) is 0 Å². The minimum Gasteiger partial charge on any atom is -0.316 e. The van der Waals surface area contributed by atoms with Gasteiger partial charge in [-0.3, -0.25) is 0 Å². The van der Waals surface area contributed by atoms with Crippen LogP contribution in [-0.4, -0.2) is 12.7 Å². The lowest BCUT2D eigenvalue weighted by Gasteiger charge is -2.18. The highest BCUT2D eigenvalue weighted by Crippen LogP contribution is 2.00. The molecule has 2 nitrogen and oxygen atoms in total. The first-order valence-corrected chi connectivity index (χ1v) is 2.88. The van der Waals surface area contributed by atoms with E-state index in [1.165, 1.54) is 12.8 Å². The number of piperidine rings is 1. The van der Waals surface area contributed by atoms with Crippen molar-refractivity contribution in [3.8, 4) is 0 Å². The van der Waals surface area contributed by atoms with Gasteiger partial charge >= 0.3 is 0 Å². The zero-order chi connectivity index (χ0) is 5.11. The van der Waals surface area contributed by atoms with Gasteiger partial charge in [-0.05, 0) is 25.8 Å². The number of nitrogens with one attached hydrogen (secondary N) is 1. The number of nitrogens with two attached hydrogens (primary N) is 1. The van der Waals surface area contributed by atoms with E-state index >= 15 is 0 Å². The van der Waals surface area contributed by atoms with Gasteiger partial charge in [0, 0.05) is 0 Å². The molecule has 1 atom stereocenters. The molecular weight excluding hydrogens is 159 g/mol. The Morgan fingerprint density at radius 3 is 2.11 bits per heavy atom. The van der Waals surface area contributed by atoms with Crippen LogP contribution in [-0.2, 0) is 0 Å². The molecule has 0 bridgehead atoms. The van der Waals surface area contributed by atoms with Crippen LogP contribution in [0.3, 0.4) is 0 Å². The summed E-state index contributed by atoms with van der Waals surface area (Å²) in [7, 11) is 0. The lowest BCUT2D eigenvalue weighted by atomic mass is 10.1. The first-order valence-electron chi connectivity index (χ1n) is 2.88. The van der Waals surface area contributed by atoms with Gasteiger partial charge in [-0.2, -0.15) is 0 Å². The number of rotatable bonds is 0. The lowest BCUT2D eigenvalue weighted by Crippen LogP contribution is -2.40. The highest BCUT2D eigenvalue weighted by Gasteiger charge is 2.04. The van der Waals surface area contributed by atoms with E-state index in [-0.39, 0.29) is 31.0 Å². The van der Waals surface area contributed by atoms with Crippen molar-refractivity contribution < 1.29 is 0 Å². The summed E-state index contributed by atoms with van der Waals surface area (Å²) in [6.45, 7) is 1.11. The maximum absolute atomic E-state index is 5.52. The molecule has 1 aliphatic heterocycles. The van der Waals surface area contributed by atoms with Gasteiger partial charge in [0.05, 0.1) is 6.17 Å². The summed E-state index contributed by atoms with van der Waals surface area (Å²) >= 11 is 0. The Kier molecular flexibility index (Phi) is 8.97. The fourth-order valence-electron chi connectivity index (χ4n) is 0.879. The van der Waals surface area contributed by atoms with Crippen LogP contribution in [0, 0.1) is 0 Å². The first kappa shape index (κ1) is 12.2. The largest absolute Gasteiger partial charge is 0.316 e. The molecule has 1 rings (SSSR count). The fourth-order valence-corrected chi connectivity index (χ4v) is 0.879. The maximum Gasteiger partial charge on any atom is 0.0546 e. The standard InChI is InChI=1S/C5H12N2.2ClH/c6-5-3-1-2-4-7-5;;/h5,7H,1-4,6H2;2*1H/t5-;;/m1../s1. The van der Waals surface area contributed by atoms with E-state index in [0.717, 1.165) is 13.0 Å². The molecule has 58 valence electrons. The maximum atomic E-state index is 5.52. The second kappa shape index (κ2) is 6.62. The van der Waals surface area contributed by atoms with Crippen molar-refractivity contribution in [1.82, 2.24) is 5.32 Å². The molecular formula is C5H14Cl2N2. The van der Waals surface area contributed by atoms with E-state index in [2.05, 4.69) is 5.32 Å². The van der Waals surface area contributed by atoms with Crippen molar-refractivity contribution in [2.45, 2.75) is 25.4 Å². The molecule has 1 heterocycles. The zero-order valence-corrected chi connectivity index (χ0v) is 6.93. The van der Waals surface area contributed by atoms with Gasteiger partial charge in [-0.15, -0.1) is 24.8 Å². The van der Waals surface area contributed by atoms with Crippen molar-refractivity contribution >= 4 is 24.8 Å². The molecule has 0 aromatic carbocycles. The monoisotopic (exact) mass is 172 g/mol. The van der Waals surface area contributed by atoms with Gasteiger partial charge in [-0.1, -0.05) is 0 Å². The van der Waals surface area contributed by atoms with Crippen LogP contribution in [0.5, 0.6) is 0 Å². The van der Waals surface area contributed by atoms with Crippen LogP contribution in [0.4, 0.5) is 0 Å². The fraction of sp³-hybridized carbons (Fsp3) is 1.00. The summed E-state index contributed by atoms with van der Waals surface area (Å²) in [5.41, 5.74) is 5.52. The molecule has 0 aliphatic carbocycles. The van der Waals surface area contributed by atoms with Crippen molar-refractivity contribution in [2.75, 3.05) is 6.54 Å². The third-order valence-electron chi connectivity index (χ3n) is 1.35. The topological polar surface area (TPSA) is 38.0 Å². The van der Waals surface area contributed by atoms with Crippen LogP contribution in [0.15, 0.2) is 0 Å². The number of hydrogen-bond acceptors (Lipinski definition) is 2. The molecule has 4 heteroatoms. The van der Waals surface area contributed by atoms with E-state index < -0.39 is 0 Å². The summed E-state index contributed by atoms with van der Waals surface area (Å²) in [5, 5.41) is 3.16. The van der Waals surface area contributed by atoms with Gasteiger partial charge in [0.2, 0.25) is 0 Å². The van der Waals surface area contributed by atoms with Crippen LogP contribution in [0.1, 0.15) is 19.3 Å². The van der Waals surface area contributed by atoms with Gasteiger partial charge in [0.25, 0.3) is 0 Å². The Bertz CT molecular complexity index is 54.9. The normalized spacial score (nSPS) is 25.7. The minimum atomic E-state index is 0. The van der Waals surface area contributed by atoms with E-state index in [9.17, 15) is 0 Å². The quantitative estimate of drug-likeness (QED) is 0.570. The van der Waals surface area contributed by atoms with Gasteiger partial charge in [0.15, 0.2) is 0 Å². The Labute approximate surface area is 68.4 Å². The predicted octanol–water partition coefficient (Wildman–Crippen LogP) is 0.888. The van der Waals surface area contributed by atoms with E-state index in [1.807, 2.05) is 0 Å². The zero-order valence-electron chi connectivity index (χ0n) is 5.30. The lowest BCUT2D eigenvalue weighted by molar-refractivity contribution is 0.411. The molecule has 0 unspecified atom stereocenters. The van der Waals surface area contributed by atoms with Gasteiger partial charge in [-0.25, -0.2) is 0 Å². The van der Waals surface area contributed by atoms with Gasteiger partial charge in [0.1, 0.15) is 0 Å². The smallest absolute Gasteiger partial charge is 0.0546 e. The highest BCUT2D eigenvalue weighted by molar-refractivity contribution is 5.85. The third-order valence-corrected chi connectivity index (χ3v) is 1.35. The van der Waals surface area contributed by atoms with E-state index in [1.54, 1.807) is 0 Å². The molecule has 3 N–H and O–H groups in total. The van der Waals surface area contributed by atoms with Crippen molar-refractivity contribution in [3.63, 3.8) is 0 Å². The molecule has 0 aromatic heterocycles. The summed E-state index contributed by atoms with van der Waals surface area (Å²) in [6, 6.07) is 0. The summed E-state index contributed by atoms with van der Waals surface area (Å²) in [5.74, 6) is 0. The number of halogens is 2. The highest BCUT2D eigenvalue weighted by atomic mass is 35.5. The Hall–Kier alpha value is 0.500. The SMILES string of the molecule is Cl.Cl.N[C@H]1CCCCN1. The summed E-state index contributed by atoms with van der Waals surface area (Å²) < 4.78 is 0. The number of hydrogen-bond donors (Lipinski definition) is 2. The first-order chi connectivity index (χ1) is 3.39. The predicted molar refractivity (Wildman–Crippen MR) is 44.3 cm³/mol. The van der Waals surface area contributed by atoms with Crippen LogP contribution in [0.25, 0.3) is 0 Å². The second-order valence-corrected chi connectivity index (χ2v) is 2.06. The summed E-state index contributed by atoms with van der Waals surface area (Å²) in [6.07, 6.45) is 4.04. The van der Waals surface area contributed by atoms with Crippen molar-refractivity contribution in [1.29, 1.82) is 0 Å². The van der Waals surface area contributed by atoms with Crippen molar-refractivity contribution in [2.24, 2.45) is 5.73 Å². The van der Waals surface area contributed by atoms with E-state index in [4.69, 9.17) is 5.73 Å². The Balaban J connectivity index is 0. The molecule has 1 saturated heterocycles. The molecule has 0 saturated carbocycles. The molecule has 0 radical (unpaired) electrons.